The monoisotopic (exact) mass is 226 g/mol. The Morgan fingerprint density at radius 2 is 1.69 bits per heavy atom. The molecule has 1 rings (SSSR count). The maximum Gasteiger partial charge on any atom is 0.0220 e. The minimum Gasteiger partial charge on any atom is -0.310 e. The third-order valence-electron chi connectivity index (χ3n) is 3.93. The average Bonchev–Trinajstić information content (AvgIpc) is 2.06. The lowest BCUT2D eigenvalue weighted by atomic mass is 9.73. The predicted octanol–water partition coefficient (Wildman–Crippen LogP) is 2.60. The number of hydrogen-bond acceptors (Lipinski definition) is 2. The van der Waals surface area contributed by atoms with E-state index >= 15 is 0 Å². The third kappa shape index (κ3) is 4.06. The van der Waals surface area contributed by atoms with Gasteiger partial charge in [-0.25, -0.2) is 0 Å². The van der Waals surface area contributed by atoms with Crippen molar-refractivity contribution in [3.63, 3.8) is 0 Å². The van der Waals surface area contributed by atoms with Crippen LogP contribution in [0.3, 0.4) is 0 Å². The summed E-state index contributed by atoms with van der Waals surface area (Å²) >= 11 is 0. The molecule has 0 heterocycles. The van der Waals surface area contributed by atoms with Crippen molar-refractivity contribution in [1.82, 2.24) is 10.2 Å². The van der Waals surface area contributed by atoms with Crippen LogP contribution in [0.5, 0.6) is 0 Å². The van der Waals surface area contributed by atoms with Gasteiger partial charge in [0.25, 0.3) is 0 Å². The van der Waals surface area contributed by atoms with Crippen LogP contribution in [0.1, 0.15) is 40.5 Å². The maximum atomic E-state index is 3.83. The van der Waals surface area contributed by atoms with Crippen LogP contribution >= 0.6 is 0 Å². The molecule has 1 fully saturated rings. The molecule has 1 saturated carbocycles. The standard InChI is InChI=1S/C14H30N2/c1-10(2)12-7-13(8-12)15-14(11(3)4)9-16(5)6/h10-15H,7-9H2,1-6H3. The highest BCUT2D eigenvalue weighted by atomic mass is 15.1. The van der Waals surface area contributed by atoms with Crippen molar-refractivity contribution in [2.75, 3.05) is 20.6 Å². The Kier molecular flexibility index (Phi) is 5.26. The number of rotatable bonds is 6. The van der Waals surface area contributed by atoms with E-state index in [1.165, 1.54) is 12.8 Å². The van der Waals surface area contributed by atoms with Crippen molar-refractivity contribution in [3.8, 4) is 0 Å². The molecule has 0 aromatic carbocycles. The average molecular weight is 226 g/mol. The summed E-state index contributed by atoms with van der Waals surface area (Å²) in [7, 11) is 4.32. The second kappa shape index (κ2) is 6.02. The van der Waals surface area contributed by atoms with Crippen LogP contribution in [0.4, 0.5) is 0 Å². The van der Waals surface area contributed by atoms with Crippen LogP contribution in [0.15, 0.2) is 0 Å². The molecule has 0 saturated heterocycles. The Morgan fingerprint density at radius 1 is 1.12 bits per heavy atom. The Balaban J connectivity index is 2.29. The number of nitrogens with one attached hydrogen (secondary N) is 1. The molecule has 16 heavy (non-hydrogen) atoms. The third-order valence-corrected chi connectivity index (χ3v) is 3.93. The van der Waals surface area contributed by atoms with Gasteiger partial charge in [-0.05, 0) is 44.7 Å². The van der Waals surface area contributed by atoms with Crippen LogP contribution in [-0.4, -0.2) is 37.6 Å². The zero-order valence-electron chi connectivity index (χ0n) is 12.0. The van der Waals surface area contributed by atoms with Crippen LogP contribution in [0.2, 0.25) is 0 Å². The lowest BCUT2D eigenvalue weighted by Crippen LogP contribution is -2.52. The molecule has 0 aromatic rings. The van der Waals surface area contributed by atoms with Crippen molar-refractivity contribution in [2.45, 2.75) is 52.6 Å². The summed E-state index contributed by atoms with van der Waals surface area (Å²) in [6, 6.07) is 1.42. The normalized spacial score (nSPS) is 27.6. The minimum atomic E-state index is 0.646. The Morgan fingerprint density at radius 3 is 2.06 bits per heavy atom. The second-order valence-corrected chi connectivity index (χ2v) is 6.45. The highest BCUT2D eigenvalue weighted by Crippen LogP contribution is 2.34. The van der Waals surface area contributed by atoms with E-state index in [1.807, 2.05) is 0 Å². The molecule has 0 aliphatic heterocycles. The molecule has 0 spiro atoms. The van der Waals surface area contributed by atoms with Gasteiger partial charge < -0.3 is 10.2 Å². The summed E-state index contributed by atoms with van der Waals surface area (Å²) in [5, 5.41) is 3.83. The molecule has 0 amide bonds. The summed E-state index contributed by atoms with van der Waals surface area (Å²) in [4.78, 5) is 2.29. The molecule has 96 valence electrons. The summed E-state index contributed by atoms with van der Waals surface area (Å²) in [5.74, 6) is 2.55. The molecule has 0 bridgehead atoms. The molecule has 2 heteroatoms. The van der Waals surface area contributed by atoms with Gasteiger partial charge in [0.15, 0.2) is 0 Å². The molecular formula is C14H30N2. The van der Waals surface area contributed by atoms with Crippen molar-refractivity contribution in [2.24, 2.45) is 17.8 Å². The second-order valence-electron chi connectivity index (χ2n) is 6.45. The molecule has 0 radical (unpaired) electrons. The lowest BCUT2D eigenvalue weighted by Gasteiger charge is -2.42. The Labute approximate surface area is 102 Å². The lowest BCUT2D eigenvalue weighted by molar-refractivity contribution is 0.139. The van der Waals surface area contributed by atoms with Crippen molar-refractivity contribution in [3.05, 3.63) is 0 Å². The molecule has 1 unspecified atom stereocenters. The number of hydrogen-bond donors (Lipinski definition) is 1. The van der Waals surface area contributed by atoms with Crippen LogP contribution in [0.25, 0.3) is 0 Å². The van der Waals surface area contributed by atoms with Crippen molar-refractivity contribution >= 4 is 0 Å². The van der Waals surface area contributed by atoms with E-state index in [0.29, 0.717) is 6.04 Å². The fraction of sp³-hybridized carbons (Fsp3) is 1.00. The van der Waals surface area contributed by atoms with Gasteiger partial charge in [0.2, 0.25) is 0 Å². The first-order valence-corrected chi connectivity index (χ1v) is 6.81. The molecule has 1 aliphatic carbocycles. The predicted molar refractivity (Wildman–Crippen MR) is 71.7 cm³/mol. The summed E-state index contributed by atoms with van der Waals surface area (Å²) in [5.41, 5.74) is 0. The van der Waals surface area contributed by atoms with Gasteiger partial charge in [0.1, 0.15) is 0 Å². The van der Waals surface area contributed by atoms with E-state index in [2.05, 4.69) is 52.0 Å². The van der Waals surface area contributed by atoms with Gasteiger partial charge in [-0.15, -0.1) is 0 Å². The molecule has 1 N–H and O–H groups in total. The summed E-state index contributed by atoms with van der Waals surface area (Å²) < 4.78 is 0. The van der Waals surface area contributed by atoms with Gasteiger partial charge in [-0.3, -0.25) is 0 Å². The largest absolute Gasteiger partial charge is 0.310 e. The number of likely N-dealkylation sites (N-methyl/N-ethyl adjacent to an activating group) is 1. The fourth-order valence-electron chi connectivity index (χ4n) is 2.49. The highest BCUT2D eigenvalue weighted by Gasteiger charge is 2.32. The van der Waals surface area contributed by atoms with Gasteiger partial charge in [0, 0.05) is 18.6 Å². The van der Waals surface area contributed by atoms with E-state index in [4.69, 9.17) is 0 Å². The quantitative estimate of drug-likeness (QED) is 0.749. The highest BCUT2D eigenvalue weighted by molar-refractivity contribution is 4.89. The summed E-state index contributed by atoms with van der Waals surface area (Å²) in [6.45, 7) is 10.5. The van der Waals surface area contributed by atoms with E-state index in [0.717, 1.165) is 30.3 Å². The first-order chi connectivity index (χ1) is 7.40. The van der Waals surface area contributed by atoms with Gasteiger partial charge in [-0.1, -0.05) is 27.7 Å². The topological polar surface area (TPSA) is 15.3 Å². The minimum absolute atomic E-state index is 0.646. The van der Waals surface area contributed by atoms with E-state index < -0.39 is 0 Å². The Bertz CT molecular complexity index is 193. The van der Waals surface area contributed by atoms with Gasteiger partial charge in [0.05, 0.1) is 0 Å². The van der Waals surface area contributed by atoms with Crippen molar-refractivity contribution in [1.29, 1.82) is 0 Å². The first-order valence-electron chi connectivity index (χ1n) is 6.81. The molecule has 1 atom stereocenters. The molecule has 0 aromatic heterocycles. The fourth-order valence-corrected chi connectivity index (χ4v) is 2.49. The van der Waals surface area contributed by atoms with Crippen LogP contribution < -0.4 is 5.32 Å². The van der Waals surface area contributed by atoms with Crippen LogP contribution in [-0.2, 0) is 0 Å². The zero-order chi connectivity index (χ0) is 12.3. The van der Waals surface area contributed by atoms with E-state index in [9.17, 15) is 0 Å². The number of nitrogens with zero attached hydrogens (tertiary/aromatic N) is 1. The summed E-state index contributed by atoms with van der Waals surface area (Å²) in [6.07, 6.45) is 2.77. The SMILES string of the molecule is CC(C)C1CC(NC(CN(C)C)C(C)C)C1. The van der Waals surface area contributed by atoms with E-state index in [-0.39, 0.29) is 0 Å². The molecular weight excluding hydrogens is 196 g/mol. The van der Waals surface area contributed by atoms with Gasteiger partial charge >= 0.3 is 0 Å². The molecule has 2 nitrogen and oxygen atoms in total. The molecule has 1 aliphatic rings. The van der Waals surface area contributed by atoms with Crippen molar-refractivity contribution < 1.29 is 0 Å². The van der Waals surface area contributed by atoms with Gasteiger partial charge in [-0.2, -0.15) is 0 Å². The smallest absolute Gasteiger partial charge is 0.0220 e. The van der Waals surface area contributed by atoms with E-state index in [1.54, 1.807) is 0 Å². The van der Waals surface area contributed by atoms with Crippen LogP contribution in [0, 0.1) is 17.8 Å². The zero-order valence-corrected chi connectivity index (χ0v) is 12.0. The maximum absolute atomic E-state index is 3.83. The first kappa shape index (κ1) is 14.0. The Hall–Kier alpha value is -0.0800.